The molecule has 0 saturated heterocycles. The van der Waals surface area contributed by atoms with E-state index >= 15 is 0 Å². The number of unbranched alkanes of at least 4 members (excludes halogenated alkanes) is 1. The summed E-state index contributed by atoms with van der Waals surface area (Å²) < 4.78 is 0. The van der Waals surface area contributed by atoms with Gasteiger partial charge in [0.2, 0.25) is 0 Å². The van der Waals surface area contributed by atoms with Gasteiger partial charge in [0.05, 0.1) is 5.03 Å². The molecule has 0 saturated carbocycles. The number of nitrogens with one attached hydrogen (secondary N) is 1. The van der Waals surface area contributed by atoms with E-state index in [1.165, 1.54) is 12.8 Å². The maximum atomic E-state index is 5.43. The summed E-state index contributed by atoms with van der Waals surface area (Å²) in [6.07, 6.45) is 2.47. The Morgan fingerprint density at radius 3 is 3.09 bits per heavy atom. The van der Waals surface area contributed by atoms with Gasteiger partial charge in [-0.15, -0.1) is 11.8 Å². The average molecular weight is 171 g/mol. The Bertz CT molecular complexity index is 209. The third-order valence-electron chi connectivity index (χ3n) is 1.33. The second-order valence-corrected chi connectivity index (χ2v) is 3.50. The van der Waals surface area contributed by atoms with Crippen LogP contribution in [-0.2, 0) is 0 Å². The van der Waals surface area contributed by atoms with E-state index in [1.807, 2.05) is 6.07 Å². The summed E-state index contributed by atoms with van der Waals surface area (Å²) in [5.74, 6) is 1.71. The van der Waals surface area contributed by atoms with E-state index in [-0.39, 0.29) is 0 Å². The molecule has 62 valence electrons. The molecule has 11 heavy (non-hydrogen) atoms. The van der Waals surface area contributed by atoms with Crippen LogP contribution in [0.3, 0.4) is 0 Å². The number of anilines is 1. The zero-order valence-corrected chi connectivity index (χ0v) is 7.45. The van der Waals surface area contributed by atoms with E-state index in [2.05, 4.69) is 17.1 Å². The molecule has 0 aromatic carbocycles. The molecule has 1 heterocycles. The molecule has 0 spiro atoms. The topological polar surface area (TPSA) is 54.7 Å². The third kappa shape index (κ3) is 2.84. The number of hydrogen-bond acceptors (Lipinski definition) is 3. The summed E-state index contributed by atoms with van der Waals surface area (Å²) in [4.78, 5) is 0. The molecule has 0 aliphatic rings. The minimum Gasteiger partial charge on any atom is -0.382 e. The van der Waals surface area contributed by atoms with Crippen molar-refractivity contribution in [3.63, 3.8) is 0 Å². The summed E-state index contributed by atoms with van der Waals surface area (Å²) in [5, 5.41) is 7.75. The van der Waals surface area contributed by atoms with Crippen LogP contribution >= 0.6 is 11.8 Å². The van der Waals surface area contributed by atoms with Crippen LogP contribution in [0.2, 0.25) is 0 Å². The monoisotopic (exact) mass is 171 g/mol. The Hall–Kier alpha value is -0.640. The Kier molecular flexibility index (Phi) is 3.29. The Morgan fingerprint density at radius 2 is 2.55 bits per heavy atom. The van der Waals surface area contributed by atoms with Crippen LogP contribution < -0.4 is 5.73 Å². The minimum atomic E-state index is 0.573. The zero-order valence-electron chi connectivity index (χ0n) is 6.63. The molecule has 3 nitrogen and oxygen atoms in total. The van der Waals surface area contributed by atoms with Crippen molar-refractivity contribution in [1.29, 1.82) is 0 Å². The lowest BCUT2D eigenvalue weighted by molar-refractivity contribution is 0.893. The number of thioether (sulfide) groups is 1. The largest absolute Gasteiger partial charge is 0.382 e. The predicted molar refractivity (Wildman–Crippen MR) is 48.6 cm³/mol. The standard InChI is InChI=1S/C7H13N3S/c1-2-3-4-11-7-5-6(8)9-10-7/h5H,2-4H2,1H3,(H3,8,9,10). The molecule has 0 fully saturated rings. The van der Waals surface area contributed by atoms with Gasteiger partial charge in [-0.2, -0.15) is 5.10 Å². The average Bonchev–Trinajstić information content (AvgIpc) is 2.37. The van der Waals surface area contributed by atoms with Gasteiger partial charge in [0.15, 0.2) is 0 Å². The van der Waals surface area contributed by atoms with Crippen molar-refractivity contribution in [2.24, 2.45) is 0 Å². The van der Waals surface area contributed by atoms with Gasteiger partial charge in [0.1, 0.15) is 5.82 Å². The van der Waals surface area contributed by atoms with E-state index in [9.17, 15) is 0 Å². The maximum Gasteiger partial charge on any atom is 0.146 e. The van der Waals surface area contributed by atoms with E-state index in [1.54, 1.807) is 11.8 Å². The van der Waals surface area contributed by atoms with Gasteiger partial charge in [-0.05, 0) is 12.2 Å². The van der Waals surface area contributed by atoms with Crippen LogP contribution in [0.4, 0.5) is 5.82 Å². The summed E-state index contributed by atoms with van der Waals surface area (Å²) >= 11 is 1.77. The van der Waals surface area contributed by atoms with E-state index in [0.29, 0.717) is 5.82 Å². The first-order chi connectivity index (χ1) is 5.33. The van der Waals surface area contributed by atoms with Crippen molar-refractivity contribution in [2.45, 2.75) is 24.8 Å². The van der Waals surface area contributed by atoms with Crippen LogP contribution in [0.1, 0.15) is 19.8 Å². The minimum absolute atomic E-state index is 0.573. The molecule has 1 rings (SSSR count). The molecule has 0 atom stereocenters. The fourth-order valence-electron chi connectivity index (χ4n) is 0.719. The van der Waals surface area contributed by atoms with Gasteiger partial charge in [-0.1, -0.05) is 13.3 Å². The Labute approximate surface area is 70.8 Å². The maximum absolute atomic E-state index is 5.43. The van der Waals surface area contributed by atoms with Crippen molar-refractivity contribution >= 4 is 17.6 Å². The lowest BCUT2D eigenvalue weighted by Gasteiger charge is -1.93. The van der Waals surface area contributed by atoms with Crippen molar-refractivity contribution in [3.8, 4) is 0 Å². The molecule has 1 aromatic heterocycles. The molecule has 3 N–H and O–H groups in total. The number of rotatable bonds is 4. The van der Waals surface area contributed by atoms with Gasteiger partial charge in [-0.25, -0.2) is 0 Å². The molecule has 4 heteroatoms. The number of nitrogen functional groups attached to an aromatic ring is 1. The van der Waals surface area contributed by atoms with Gasteiger partial charge in [-0.3, -0.25) is 5.10 Å². The smallest absolute Gasteiger partial charge is 0.146 e. The quantitative estimate of drug-likeness (QED) is 0.537. The second-order valence-electron chi connectivity index (χ2n) is 2.36. The first-order valence-corrected chi connectivity index (χ1v) is 4.75. The lowest BCUT2D eigenvalue weighted by atomic mass is 10.4. The van der Waals surface area contributed by atoms with E-state index < -0.39 is 0 Å². The van der Waals surface area contributed by atoms with Crippen molar-refractivity contribution in [3.05, 3.63) is 6.07 Å². The molecular weight excluding hydrogens is 158 g/mol. The summed E-state index contributed by atoms with van der Waals surface area (Å²) in [7, 11) is 0. The molecule has 0 radical (unpaired) electrons. The SMILES string of the molecule is CCCCSc1cc(N)n[nH]1. The highest BCUT2D eigenvalue weighted by atomic mass is 32.2. The highest BCUT2D eigenvalue weighted by Crippen LogP contribution is 2.17. The lowest BCUT2D eigenvalue weighted by Crippen LogP contribution is -1.81. The Morgan fingerprint density at radius 1 is 1.73 bits per heavy atom. The van der Waals surface area contributed by atoms with E-state index in [0.717, 1.165) is 10.8 Å². The molecule has 0 unspecified atom stereocenters. The van der Waals surface area contributed by atoms with Gasteiger partial charge in [0.25, 0.3) is 0 Å². The highest BCUT2D eigenvalue weighted by Gasteiger charge is 1.96. The number of hydrogen-bond donors (Lipinski definition) is 2. The summed E-state index contributed by atoms with van der Waals surface area (Å²) in [5.41, 5.74) is 5.43. The van der Waals surface area contributed by atoms with Crippen LogP contribution in [0.5, 0.6) is 0 Å². The molecular formula is C7H13N3S. The number of H-pyrrole nitrogens is 1. The van der Waals surface area contributed by atoms with Crippen molar-refractivity contribution in [2.75, 3.05) is 11.5 Å². The number of nitrogens with two attached hydrogens (primary N) is 1. The van der Waals surface area contributed by atoms with Crippen molar-refractivity contribution in [1.82, 2.24) is 10.2 Å². The highest BCUT2D eigenvalue weighted by molar-refractivity contribution is 7.99. The summed E-state index contributed by atoms with van der Waals surface area (Å²) in [6, 6.07) is 1.86. The summed E-state index contributed by atoms with van der Waals surface area (Å²) in [6.45, 7) is 2.18. The van der Waals surface area contributed by atoms with Crippen LogP contribution in [0.15, 0.2) is 11.1 Å². The fourth-order valence-corrected chi connectivity index (χ4v) is 1.69. The molecule has 1 aromatic rings. The van der Waals surface area contributed by atoms with Crippen molar-refractivity contribution < 1.29 is 0 Å². The van der Waals surface area contributed by atoms with Gasteiger partial charge >= 0.3 is 0 Å². The van der Waals surface area contributed by atoms with Crippen LogP contribution in [-0.4, -0.2) is 16.0 Å². The van der Waals surface area contributed by atoms with Gasteiger partial charge in [0, 0.05) is 6.07 Å². The third-order valence-corrected chi connectivity index (χ3v) is 2.34. The van der Waals surface area contributed by atoms with Crippen LogP contribution in [0.25, 0.3) is 0 Å². The molecule has 0 amide bonds. The number of aromatic amines is 1. The zero-order chi connectivity index (χ0) is 8.10. The first kappa shape index (κ1) is 8.46. The fraction of sp³-hybridized carbons (Fsp3) is 0.571. The number of nitrogens with zero attached hydrogens (tertiary/aromatic N) is 1. The molecule has 0 bridgehead atoms. The second kappa shape index (κ2) is 4.28. The van der Waals surface area contributed by atoms with E-state index in [4.69, 9.17) is 5.73 Å². The van der Waals surface area contributed by atoms with Gasteiger partial charge < -0.3 is 5.73 Å². The molecule has 0 aliphatic carbocycles. The normalized spacial score (nSPS) is 10.3. The molecule has 0 aliphatic heterocycles. The Balaban J connectivity index is 2.27. The first-order valence-electron chi connectivity index (χ1n) is 3.76. The predicted octanol–water partition coefficient (Wildman–Crippen LogP) is 1.88. The number of aromatic nitrogens is 2. The van der Waals surface area contributed by atoms with Crippen LogP contribution in [0, 0.1) is 0 Å².